The molecular formula is C17H20O. The van der Waals surface area contributed by atoms with Crippen molar-refractivity contribution in [2.24, 2.45) is 0 Å². The summed E-state index contributed by atoms with van der Waals surface area (Å²) < 4.78 is 5.66. The monoisotopic (exact) mass is 240 g/mol. The normalized spacial score (nSPS) is 11.3. The first-order chi connectivity index (χ1) is 8.54. The average Bonchev–Trinajstić information content (AvgIpc) is 2.37. The van der Waals surface area contributed by atoms with Gasteiger partial charge in [-0.25, -0.2) is 0 Å². The van der Waals surface area contributed by atoms with Crippen LogP contribution < -0.4 is 4.74 Å². The Balaban J connectivity index is 2.63. The van der Waals surface area contributed by atoms with Crippen molar-refractivity contribution < 1.29 is 4.74 Å². The summed E-state index contributed by atoms with van der Waals surface area (Å²) in [6, 6.07) is 16.7. The molecule has 2 aromatic carbocycles. The fraction of sp³-hybridized carbons (Fsp3) is 0.294. The van der Waals surface area contributed by atoms with Gasteiger partial charge in [0.15, 0.2) is 0 Å². The van der Waals surface area contributed by atoms with Gasteiger partial charge in [0.1, 0.15) is 5.75 Å². The molecule has 0 heterocycles. The Morgan fingerprint density at radius 3 is 2.06 bits per heavy atom. The molecular weight excluding hydrogens is 220 g/mol. The minimum absolute atomic E-state index is 0.0795. The zero-order valence-corrected chi connectivity index (χ0v) is 11.5. The molecule has 1 heteroatoms. The van der Waals surface area contributed by atoms with Gasteiger partial charge in [-0.3, -0.25) is 0 Å². The van der Waals surface area contributed by atoms with E-state index in [-0.39, 0.29) is 5.41 Å². The van der Waals surface area contributed by atoms with E-state index in [2.05, 4.69) is 63.2 Å². The Labute approximate surface area is 109 Å². The molecule has 2 rings (SSSR count). The molecule has 0 aliphatic carbocycles. The molecule has 0 saturated carbocycles. The maximum atomic E-state index is 5.66. The lowest BCUT2D eigenvalue weighted by Crippen LogP contribution is -2.13. The number of methoxy groups -OCH3 is 1. The van der Waals surface area contributed by atoms with E-state index in [0.29, 0.717) is 0 Å². The van der Waals surface area contributed by atoms with Crippen molar-refractivity contribution in [2.75, 3.05) is 7.11 Å². The predicted octanol–water partition coefficient (Wildman–Crippen LogP) is 4.66. The summed E-state index contributed by atoms with van der Waals surface area (Å²) in [5.74, 6) is 0.983. The minimum Gasteiger partial charge on any atom is -0.496 e. The van der Waals surface area contributed by atoms with E-state index < -0.39 is 0 Å². The van der Waals surface area contributed by atoms with Crippen LogP contribution in [0.3, 0.4) is 0 Å². The van der Waals surface area contributed by atoms with Gasteiger partial charge in [0.25, 0.3) is 0 Å². The third-order valence-electron chi connectivity index (χ3n) is 3.11. The Hall–Kier alpha value is -1.76. The molecule has 0 N–H and O–H groups in total. The van der Waals surface area contributed by atoms with E-state index in [9.17, 15) is 0 Å². The highest BCUT2D eigenvalue weighted by molar-refractivity contribution is 5.72. The number of rotatable bonds is 2. The Kier molecular flexibility index (Phi) is 3.42. The van der Waals surface area contributed by atoms with Gasteiger partial charge in [0, 0.05) is 11.1 Å². The van der Waals surface area contributed by atoms with E-state index in [1.165, 1.54) is 11.1 Å². The van der Waals surface area contributed by atoms with Gasteiger partial charge in [-0.05, 0) is 11.0 Å². The van der Waals surface area contributed by atoms with E-state index in [1.807, 2.05) is 6.07 Å². The van der Waals surface area contributed by atoms with Gasteiger partial charge >= 0.3 is 0 Å². The van der Waals surface area contributed by atoms with Gasteiger partial charge in [-0.1, -0.05) is 69.3 Å². The van der Waals surface area contributed by atoms with Crippen molar-refractivity contribution in [3.05, 3.63) is 54.1 Å². The Bertz CT molecular complexity index is 521. The van der Waals surface area contributed by atoms with Crippen LogP contribution in [0.1, 0.15) is 26.3 Å². The summed E-state index contributed by atoms with van der Waals surface area (Å²) in [5, 5.41) is 0. The molecule has 0 fully saturated rings. The molecule has 0 saturated heterocycles. The van der Waals surface area contributed by atoms with Crippen LogP contribution >= 0.6 is 0 Å². The van der Waals surface area contributed by atoms with Crippen LogP contribution in [0.5, 0.6) is 5.75 Å². The Morgan fingerprint density at radius 2 is 1.50 bits per heavy atom. The number of hydrogen-bond donors (Lipinski definition) is 0. The first-order valence-electron chi connectivity index (χ1n) is 6.27. The van der Waals surface area contributed by atoms with Crippen LogP contribution in [0.4, 0.5) is 0 Å². The third kappa shape index (κ3) is 2.40. The first kappa shape index (κ1) is 12.7. The highest BCUT2D eigenvalue weighted by Gasteiger charge is 2.21. The molecule has 0 unspecified atom stereocenters. The van der Waals surface area contributed by atoms with E-state index >= 15 is 0 Å². The lowest BCUT2D eigenvalue weighted by molar-refractivity contribution is 0.399. The lowest BCUT2D eigenvalue weighted by atomic mass is 9.84. The molecule has 0 bridgehead atoms. The maximum absolute atomic E-state index is 5.66. The van der Waals surface area contributed by atoms with Crippen LogP contribution in [-0.4, -0.2) is 7.11 Å². The summed E-state index contributed by atoms with van der Waals surface area (Å²) in [7, 11) is 1.75. The van der Waals surface area contributed by atoms with Crippen LogP contribution in [0.15, 0.2) is 48.5 Å². The molecule has 0 aliphatic rings. The van der Waals surface area contributed by atoms with Crippen molar-refractivity contribution in [2.45, 2.75) is 26.2 Å². The third-order valence-corrected chi connectivity index (χ3v) is 3.11. The van der Waals surface area contributed by atoms with Crippen molar-refractivity contribution >= 4 is 0 Å². The molecule has 0 radical (unpaired) electrons. The quantitative estimate of drug-likeness (QED) is 0.741. The van der Waals surface area contributed by atoms with Gasteiger partial charge in [0.05, 0.1) is 7.11 Å². The molecule has 0 amide bonds. The number of ether oxygens (including phenoxy) is 1. The summed E-state index contributed by atoms with van der Waals surface area (Å²) in [6.45, 7) is 6.62. The first-order valence-corrected chi connectivity index (χ1v) is 6.27. The van der Waals surface area contributed by atoms with Crippen LogP contribution in [-0.2, 0) is 5.41 Å². The number of para-hydroxylation sites is 1. The molecule has 18 heavy (non-hydrogen) atoms. The molecule has 2 aromatic rings. The SMILES string of the molecule is COc1c(-c2ccccc2)cccc1C(C)(C)C. The second-order valence-corrected chi connectivity index (χ2v) is 5.50. The topological polar surface area (TPSA) is 9.23 Å². The van der Waals surface area contributed by atoms with E-state index in [0.717, 1.165) is 11.3 Å². The molecule has 94 valence electrons. The molecule has 0 spiro atoms. The average molecular weight is 240 g/mol. The lowest BCUT2D eigenvalue weighted by Gasteiger charge is -2.24. The number of benzene rings is 2. The van der Waals surface area contributed by atoms with Crippen LogP contribution in [0.2, 0.25) is 0 Å². The molecule has 0 aliphatic heterocycles. The zero-order chi connectivity index (χ0) is 13.2. The smallest absolute Gasteiger partial charge is 0.130 e. The van der Waals surface area contributed by atoms with Gasteiger partial charge in [-0.2, -0.15) is 0 Å². The van der Waals surface area contributed by atoms with Crippen molar-refractivity contribution in [3.8, 4) is 16.9 Å². The standard InChI is InChI=1S/C17H20O/c1-17(2,3)15-12-8-11-14(16(15)18-4)13-9-6-5-7-10-13/h5-12H,1-4H3. The van der Waals surface area contributed by atoms with Crippen molar-refractivity contribution in [1.82, 2.24) is 0 Å². The summed E-state index contributed by atoms with van der Waals surface area (Å²) in [4.78, 5) is 0. The van der Waals surface area contributed by atoms with Crippen molar-refractivity contribution in [1.29, 1.82) is 0 Å². The molecule has 1 nitrogen and oxygen atoms in total. The van der Waals surface area contributed by atoms with Gasteiger partial charge in [-0.15, -0.1) is 0 Å². The molecule has 0 atom stereocenters. The predicted molar refractivity (Wildman–Crippen MR) is 77.1 cm³/mol. The summed E-state index contributed by atoms with van der Waals surface area (Å²) in [5.41, 5.74) is 3.67. The minimum atomic E-state index is 0.0795. The number of hydrogen-bond acceptors (Lipinski definition) is 1. The largest absolute Gasteiger partial charge is 0.496 e. The van der Waals surface area contributed by atoms with Crippen LogP contribution in [0.25, 0.3) is 11.1 Å². The summed E-state index contributed by atoms with van der Waals surface area (Å²) in [6.07, 6.45) is 0. The van der Waals surface area contributed by atoms with E-state index in [4.69, 9.17) is 4.74 Å². The maximum Gasteiger partial charge on any atom is 0.130 e. The fourth-order valence-electron chi connectivity index (χ4n) is 2.19. The van der Waals surface area contributed by atoms with Gasteiger partial charge < -0.3 is 4.74 Å². The fourth-order valence-corrected chi connectivity index (χ4v) is 2.19. The highest BCUT2D eigenvalue weighted by Crippen LogP contribution is 2.38. The Morgan fingerprint density at radius 1 is 0.833 bits per heavy atom. The van der Waals surface area contributed by atoms with Crippen molar-refractivity contribution in [3.63, 3.8) is 0 Å². The summed E-state index contributed by atoms with van der Waals surface area (Å²) >= 11 is 0. The molecule has 0 aromatic heterocycles. The van der Waals surface area contributed by atoms with Crippen LogP contribution in [0, 0.1) is 0 Å². The zero-order valence-electron chi connectivity index (χ0n) is 11.5. The van der Waals surface area contributed by atoms with Gasteiger partial charge in [0.2, 0.25) is 0 Å². The highest BCUT2D eigenvalue weighted by atomic mass is 16.5. The van der Waals surface area contributed by atoms with E-state index in [1.54, 1.807) is 7.11 Å². The second kappa shape index (κ2) is 4.85. The second-order valence-electron chi connectivity index (χ2n) is 5.50.